The summed E-state index contributed by atoms with van der Waals surface area (Å²) in [5.41, 5.74) is 1.31. The first-order chi connectivity index (χ1) is 13.5. The molecular weight excluding hydrogens is 382 g/mol. The Morgan fingerprint density at radius 2 is 1.86 bits per heavy atom. The summed E-state index contributed by atoms with van der Waals surface area (Å²) in [7, 11) is 0. The van der Waals surface area contributed by atoms with Crippen molar-refractivity contribution in [2.75, 3.05) is 44.7 Å². The van der Waals surface area contributed by atoms with Gasteiger partial charge in [-0.2, -0.15) is 0 Å². The van der Waals surface area contributed by atoms with E-state index in [9.17, 15) is 14.4 Å². The Labute approximate surface area is 168 Å². The number of likely N-dealkylation sites (tertiary alicyclic amines) is 1. The van der Waals surface area contributed by atoms with Crippen LogP contribution in [0.2, 0.25) is 0 Å². The number of carbonyl (C=O) groups is 3. The van der Waals surface area contributed by atoms with Crippen LogP contribution in [0.4, 0.5) is 9.80 Å². The van der Waals surface area contributed by atoms with Gasteiger partial charge in [0.25, 0.3) is 5.91 Å². The Bertz CT molecular complexity index is 742. The molecule has 0 spiro atoms. The number of amides is 2. The number of anilines is 1. The normalized spacial score (nSPS) is 16.6. The molecule has 154 valence electrons. The third kappa shape index (κ3) is 4.64. The highest BCUT2D eigenvalue weighted by atomic mass is 32.1. The molecule has 8 nitrogen and oxygen atoms in total. The van der Waals surface area contributed by atoms with Crippen molar-refractivity contribution in [1.29, 1.82) is 0 Å². The van der Waals surface area contributed by atoms with Crippen molar-refractivity contribution in [2.24, 2.45) is 0 Å². The smallest absolute Gasteiger partial charge is 0.410 e. The molecule has 2 amide bonds. The van der Waals surface area contributed by atoms with E-state index < -0.39 is 5.97 Å². The summed E-state index contributed by atoms with van der Waals surface area (Å²) in [5, 5.41) is 3.45. The number of thiophene rings is 1. The van der Waals surface area contributed by atoms with Crippen LogP contribution in [-0.2, 0) is 27.2 Å². The molecule has 0 bridgehead atoms. The molecule has 2 aliphatic rings. The third-order valence-electron chi connectivity index (χ3n) is 5.04. The molecule has 28 heavy (non-hydrogen) atoms. The van der Waals surface area contributed by atoms with E-state index in [1.807, 2.05) is 0 Å². The fourth-order valence-electron chi connectivity index (χ4n) is 3.73. The van der Waals surface area contributed by atoms with Crippen LogP contribution >= 0.6 is 11.3 Å². The molecule has 0 aromatic carbocycles. The lowest BCUT2D eigenvalue weighted by atomic mass is 10.0. The monoisotopic (exact) mass is 410 g/mol. The Hall–Kier alpha value is -2.13. The Morgan fingerprint density at radius 1 is 1.14 bits per heavy atom. The number of nitrogens with one attached hydrogen (secondary N) is 2. The lowest BCUT2D eigenvalue weighted by molar-refractivity contribution is -0.878. The van der Waals surface area contributed by atoms with Gasteiger partial charge in [-0.3, -0.25) is 4.79 Å². The maximum atomic E-state index is 12.6. The zero-order valence-corrected chi connectivity index (χ0v) is 17.3. The van der Waals surface area contributed by atoms with Crippen molar-refractivity contribution in [2.45, 2.75) is 39.7 Å². The zero-order chi connectivity index (χ0) is 20.1. The van der Waals surface area contributed by atoms with Crippen molar-refractivity contribution in [3.8, 4) is 0 Å². The summed E-state index contributed by atoms with van der Waals surface area (Å²) in [5.74, 6) is -0.517. The first-order valence-electron chi connectivity index (χ1n) is 9.90. The SMILES string of the molecule is CCOC(=O)c1c(NC(=O)C[NH+]2CCCC2)sc2c1CCN(C(=O)OCC)C2. The molecular formula is C19H28N3O5S+. The van der Waals surface area contributed by atoms with Crippen LogP contribution in [0.3, 0.4) is 0 Å². The largest absolute Gasteiger partial charge is 0.462 e. The van der Waals surface area contributed by atoms with Crippen molar-refractivity contribution < 1.29 is 28.8 Å². The van der Waals surface area contributed by atoms with Gasteiger partial charge in [-0.1, -0.05) is 0 Å². The third-order valence-corrected chi connectivity index (χ3v) is 6.17. The quantitative estimate of drug-likeness (QED) is 0.685. The van der Waals surface area contributed by atoms with Gasteiger partial charge < -0.3 is 24.6 Å². The van der Waals surface area contributed by atoms with Crippen molar-refractivity contribution >= 4 is 34.3 Å². The lowest BCUT2D eigenvalue weighted by Crippen LogP contribution is -3.11. The molecule has 0 aliphatic carbocycles. The first-order valence-corrected chi connectivity index (χ1v) is 10.7. The van der Waals surface area contributed by atoms with Gasteiger partial charge in [0.05, 0.1) is 38.4 Å². The van der Waals surface area contributed by atoms with Crippen LogP contribution < -0.4 is 10.2 Å². The number of rotatable bonds is 6. The lowest BCUT2D eigenvalue weighted by Gasteiger charge is -2.26. The van der Waals surface area contributed by atoms with E-state index in [-0.39, 0.29) is 18.6 Å². The van der Waals surface area contributed by atoms with E-state index in [1.54, 1.807) is 18.7 Å². The van der Waals surface area contributed by atoms with Crippen molar-refractivity contribution in [3.63, 3.8) is 0 Å². The van der Waals surface area contributed by atoms with E-state index in [0.717, 1.165) is 36.4 Å². The van der Waals surface area contributed by atoms with E-state index >= 15 is 0 Å². The summed E-state index contributed by atoms with van der Waals surface area (Å²) in [6, 6.07) is 0. The molecule has 1 aromatic heterocycles. The molecule has 1 fully saturated rings. The van der Waals surface area contributed by atoms with Crippen molar-refractivity contribution in [3.05, 3.63) is 16.0 Å². The molecule has 3 heterocycles. The second-order valence-corrected chi connectivity index (χ2v) is 8.09. The van der Waals surface area contributed by atoms with E-state index in [4.69, 9.17) is 9.47 Å². The van der Waals surface area contributed by atoms with E-state index in [1.165, 1.54) is 16.2 Å². The Kier molecular flexibility index (Phi) is 6.90. The number of hydrogen-bond acceptors (Lipinski definition) is 6. The predicted molar refractivity (Wildman–Crippen MR) is 105 cm³/mol. The van der Waals surface area contributed by atoms with Gasteiger partial charge in [0.2, 0.25) is 0 Å². The average Bonchev–Trinajstić information content (AvgIpc) is 3.28. The molecule has 0 unspecified atom stereocenters. The average molecular weight is 411 g/mol. The minimum Gasteiger partial charge on any atom is -0.462 e. The first kappa shape index (κ1) is 20.6. The van der Waals surface area contributed by atoms with E-state index in [0.29, 0.717) is 43.2 Å². The zero-order valence-electron chi connectivity index (χ0n) is 16.5. The van der Waals surface area contributed by atoms with Gasteiger partial charge in [-0.15, -0.1) is 11.3 Å². The van der Waals surface area contributed by atoms with Crippen LogP contribution in [0, 0.1) is 0 Å². The standard InChI is InChI=1S/C19H27N3O5S/c1-3-26-18(24)16-13-7-10-22(19(25)27-4-2)11-14(13)28-17(16)20-15(23)12-21-8-5-6-9-21/h3-12H2,1-2H3,(H,20,23)/p+1. The highest BCUT2D eigenvalue weighted by Gasteiger charge is 2.32. The number of esters is 1. The topological polar surface area (TPSA) is 89.4 Å². The Balaban J connectivity index is 1.79. The van der Waals surface area contributed by atoms with Gasteiger partial charge in [-0.05, 0) is 25.8 Å². The highest BCUT2D eigenvalue weighted by Crippen LogP contribution is 2.37. The second kappa shape index (κ2) is 9.38. The minimum absolute atomic E-state index is 0.0942. The molecule has 2 N–H and O–H groups in total. The molecule has 1 saturated heterocycles. The maximum absolute atomic E-state index is 12.6. The van der Waals surface area contributed by atoms with Crippen LogP contribution in [0.25, 0.3) is 0 Å². The number of hydrogen-bond donors (Lipinski definition) is 2. The number of quaternary nitrogens is 1. The molecule has 0 radical (unpaired) electrons. The van der Waals surface area contributed by atoms with E-state index in [2.05, 4.69) is 5.32 Å². The summed E-state index contributed by atoms with van der Waals surface area (Å²) >= 11 is 1.35. The molecule has 2 aliphatic heterocycles. The molecule has 3 rings (SSSR count). The van der Waals surface area contributed by atoms with Gasteiger partial charge >= 0.3 is 12.1 Å². The number of ether oxygens (including phenoxy) is 2. The number of carbonyl (C=O) groups excluding carboxylic acids is 3. The van der Waals surface area contributed by atoms with Gasteiger partial charge in [0, 0.05) is 24.3 Å². The molecule has 0 saturated carbocycles. The summed E-state index contributed by atoms with van der Waals surface area (Å²) < 4.78 is 10.3. The van der Waals surface area contributed by atoms with Gasteiger partial charge in [0.1, 0.15) is 5.00 Å². The minimum atomic E-state index is -0.423. The number of fused-ring (bicyclic) bond motifs is 1. The molecule has 9 heteroatoms. The summed E-state index contributed by atoms with van der Waals surface area (Å²) in [6.07, 6.45) is 2.47. The fraction of sp³-hybridized carbons (Fsp3) is 0.632. The van der Waals surface area contributed by atoms with Crippen LogP contribution in [0.5, 0.6) is 0 Å². The van der Waals surface area contributed by atoms with Crippen LogP contribution in [0.15, 0.2) is 0 Å². The molecule has 1 aromatic rings. The Morgan fingerprint density at radius 3 is 2.54 bits per heavy atom. The fourth-order valence-corrected chi connectivity index (χ4v) is 5.00. The highest BCUT2D eigenvalue weighted by molar-refractivity contribution is 7.17. The van der Waals surface area contributed by atoms with Crippen molar-refractivity contribution in [1.82, 2.24) is 4.90 Å². The maximum Gasteiger partial charge on any atom is 0.410 e. The van der Waals surface area contributed by atoms with Crippen LogP contribution in [0.1, 0.15) is 47.5 Å². The van der Waals surface area contributed by atoms with Gasteiger partial charge in [0.15, 0.2) is 6.54 Å². The summed E-state index contributed by atoms with van der Waals surface area (Å²) in [6.45, 7) is 7.38. The second-order valence-electron chi connectivity index (χ2n) is 6.98. The predicted octanol–water partition coefficient (Wildman–Crippen LogP) is 1.06. The molecule has 0 atom stereocenters. The van der Waals surface area contributed by atoms with Gasteiger partial charge in [-0.25, -0.2) is 9.59 Å². The van der Waals surface area contributed by atoms with Crippen LogP contribution in [-0.4, -0.2) is 62.3 Å². The number of nitrogens with zero attached hydrogens (tertiary/aromatic N) is 1. The summed E-state index contributed by atoms with van der Waals surface area (Å²) in [4.78, 5) is 40.9.